The van der Waals surface area contributed by atoms with Gasteiger partial charge in [0.2, 0.25) is 5.91 Å². The minimum absolute atomic E-state index is 0.0347. The molecule has 0 spiro atoms. The Bertz CT molecular complexity index is 751. The smallest absolute Gasteiger partial charge is 0.228 e. The molecular formula is C20H22N2O2S. The molecule has 0 atom stereocenters. The number of hydrogen-bond acceptors (Lipinski definition) is 4. The van der Waals surface area contributed by atoms with Crippen molar-refractivity contribution in [1.29, 1.82) is 5.26 Å². The van der Waals surface area contributed by atoms with Gasteiger partial charge in [0, 0.05) is 28.8 Å². The van der Waals surface area contributed by atoms with E-state index in [-0.39, 0.29) is 11.9 Å². The first kappa shape index (κ1) is 18.9. The molecule has 0 aromatic heterocycles. The first-order valence-electron chi connectivity index (χ1n) is 8.14. The van der Waals surface area contributed by atoms with Crippen molar-refractivity contribution < 1.29 is 9.53 Å². The summed E-state index contributed by atoms with van der Waals surface area (Å²) in [5.74, 6) is 1.58. The van der Waals surface area contributed by atoms with Crippen molar-refractivity contribution in [2.75, 3.05) is 17.8 Å². The normalized spacial score (nSPS) is 10.4. The van der Waals surface area contributed by atoms with Crippen molar-refractivity contribution in [2.24, 2.45) is 0 Å². The number of anilines is 1. The number of carbonyl (C=O) groups is 1. The molecule has 0 aliphatic rings. The minimum atomic E-state index is 0.0347. The van der Waals surface area contributed by atoms with Crippen LogP contribution in [0.25, 0.3) is 0 Å². The van der Waals surface area contributed by atoms with E-state index in [2.05, 4.69) is 6.07 Å². The summed E-state index contributed by atoms with van der Waals surface area (Å²) >= 11 is 1.64. The van der Waals surface area contributed by atoms with E-state index in [1.165, 1.54) is 0 Å². The summed E-state index contributed by atoms with van der Waals surface area (Å²) in [7, 11) is 1.64. The van der Waals surface area contributed by atoms with Crippen LogP contribution in [0, 0.1) is 11.3 Å². The van der Waals surface area contributed by atoms with Crippen LogP contribution in [0.4, 0.5) is 5.69 Å². The highest BCUT2D eigenvalue weighted by Crippen LogP contribution is 2.24. The molecular weight excluding hydrogens is 332 g/mol. The molecule has 0 N–H and O–H groups in total. The summed E-state index contributed by atoms with van der Waals surface area (Å²) in [4.78, 5) is 15.6. The number of carbonyl (C=O) groups excluding carboxylic acids is 1. The maximum atomic E-state index is 12.7. The Hall–Kier alpha value is -2.45. The molecule has 2 rings (SSSR count). The fraction of sp³-hybridized carbons (Fsp3) is 0.300. The Labute approximate surface area is 153 Å². The molecule has 0 unspecified atom stereocenters. The van der Waals surface area contributed by atoms with E-state index in [4.69, 9.17) is 10.00 Å². The van der Waals surface area contributed by atoms with Gasteiger partial charge in [0.05, 0.1) is 18.7 Å². The molecule has 0 bridgehead atoms. The number of thioether (sulfide) groups is 1. The van der Waals surface area contributed by atoms with Gasteiger partial charge in [-0.3, -0.25) is 4.79 Å². The molecule has 0 saturated heterocycles. The predicted molar refractivity (Wildman–Crippen MR) is 102 cm³/mol. The Balaban J connectivity index is 1.99. The lowest BCUT2D eigenvalue weighted by Crippen LogP contribution is -2.37. The standard InChI is InChI=1S/C20H22N2O2S/c1-15(2)22(17-6-4-5-16(13-17)14-21)20(23)11-12-25-19-9-7-18(24-3)8-10-19/h4-10,13,15H,11-12H2,1-3H3. The Kier molecular flexibility index (Phi) is 6.91. The third-order valence-corrected chi connectivity index (χ3v) is 4.70. The molecule has 0 aliphatic carbocycles. The van der Waals surface area contributed by atoms with Crippen molar-refractivity contribution in [2.45, 2.75) is 31.2 Å². The molecule has 2 aromatic rings. The third kappa shape index (κ3) is 5.27. The van der Waals surface area contributed by atoms with Crippen LogP contribution >= 0.6 is 11.8 Å². The summed E-state index contributed by atoms with van der Waals surface area (Å²) in [5.41, 5.74) is 1.33. The van der Waals surface area contributed by atoms with Gasteiger partial charge in [-0.25, -0.2) is 0 Å². The largest absolute Gasteiger partial charge is 0.497 e. The van der Waals surface area contributed by atoms with Gasteiger partial charge in [0.15, 0.2) is 0 Å². The van der Waals surface area contributed by atoms with Crippen molar-refractivity contribution in [1.82, 2.24) is 0 Å². The van der Waals surface area contributed by atoms with E-state index in [0.29, 0.717) is 17.7 Å². The van der Waals surface area contributed by atoms with Crippen LogP contribution in [-0.2, 0) is 4.79 Å². The van der Waals surface area contributed by atoms with Gasteiger partial charge in [0.25, 0.3) is 0 Å². The third-order valence-electron chi connectivity index (χ3n) is 3.68. The molecule has 1 amide bonds. The number of hydrogen-bond donors (Lipinski definition) is 0. The number of methoxy groups -OCH3 is 1. The predicted octanol–water partition coefficient (Wildman–Crippen LogP) is 4.49. The second-order valence-electron chi connectivity index (χ2n) is 5.79. The summed E-state index contributed by atoms with van der Waals surface area (Å²) in [5, 5.41) is 9.06. The van der Waals surface area contributed by atoms with Crippen LogP contribution in [0.1, 0.15) is 25.8 Å². The minimum Gasteiger partial charge on any atom is -0.497 e. The van der Waals surface area contributed by atoms with Gasteiger partial charge in [-0.05, 0) is 56.3 Å². The van der Waals surface area contributed by atoms with Crippen molar-refractivity contribution in [3.63, 3.8) is 0 Å². The number of nitrogens with zero attached hydrogens (tertiary/aromatic N) is 2. The highest BCUT2D eigenvalue weighted by molar-refractivity contribution is 7.99. The molecule has 25 heavy (non-hydrogen) atoms. The molecule has 0 saturated carbocycles. The fourth-order valence-electron chi connectivity index (χ4n) is 2.50. The highest BCUT2D eigenvalue weighted by atomic mass is 32.2. The molecule has 5 heteroatoms. The maximum Gasteiger partial charge on any atom is 0.228 e. The topological polar surface area (TPSA) is 53.3 Å². The number of benzene rings is 2. The van der Waals surface area contributed by atoms with Gasteiger partial charge in [-0.2, -0.15) is 5.26 Å². The van der Waals surface area contributed by atoms with Crippen molar-refractivity contribution in [3.8, 4) is 11.8 Å². The molecule has 0 aliphatic heterocycles. The van der Waals surface area contributed by atoms with Crippen LogP contribution in [0.3, 0.4) is 0 Å². The van der Waals surface area contributed by atoms with Crippen LogP contribution in [0.5, 0.6) is 5.75 Å². The van der Waals surface area contributed by atoms with Crippen LogP contribution in [-0.4, -0.2) is 24.8 Å². The zero-order valence-corrected chi connectivity index (χ0v) is 15.5. The molecule has 0 heterocycles. The van der Waals surface area contributed by atoms with E-state index < -0.39 is 0 Å². The first-order valence-corrected chi connectivity index (χ1v) is 9.12. The highest BCUT2D eigenvalue weighted by Gasteiger charge is 2.19. The van der Waals surface area contributed by atoms with Crippen LogP contribution < -0.4 is 9.64 Å². The van der Waals surface area contributed by atoms with E-state index in [9.17, 15) is 4.79 Å². The number of rotatable bonds is 7. The molecule has 4 nitrogen and oxygen atoms in total. The number of amides is 1. The number of ether oxygens (including phenoxy) is 1. The zero-order chi connectivity index (χ0) is 18.2. The maximum absolute atomic E-state index is 12.7. The lowest BCUT2D eigenvalue weighted by Gasteiger charge is -2.27. The Morgan fingerprint density at radius 3 is 2.56 bits per heavy atom. The van der Waals surface area contributed by atoms with Gasteiger partial charge in [-0.15, -0.1) is 11.8 Å². The number of nitriles is 1. The van der Waals surface area contributed by atoms with E-state index in [0.717, 1.165) is 16.3 Å². The van der Waals surface area contributed by atoms with Crippen LogP contribution in [0.15, 0.2) is 53.4 Å². The first-order chi connectivity index (χ1) is 12.0. The monoisotopic (exact) mass is 354 g/mol. The van der Waals surface area contributed by atoms with Gasteiger partial charge in [0.1, 0.15) is 5.75 Å². The summed E-state index contributed by atoms with van der Waals surface area (Å²) in [6.45, 7) is 3.96. The molecule has 0 radical (unpaired) electrons. The Morgan fingerprint density at radius 2 is 1.96 bits per heavy atom. The van der Waals surface area contributed by atoms with Gasteiger partial charge in [-0.1, -0.05) is 6.07 Å². The van der Waals surface area contributed by atoms with Crippen molar-refractivity contribution >= 4 is 23.4 Å². The van der Waals surface area contributed by atoms with Gasteiger partial charge < -0.3 is 9.64 Å². The van der Waals surface area contributed by atoms with E-state index in [1.807, 2.05) is 50.2 Å². The zero-order valence-electron chi connectivity index (χ0n) is 14.7. The SMILES string of the molecule is COc1ccc(SCCC(=O)N(c2cccc(C#N)c2)C(C)C)cc1. The lowest BCUT2D eigenvalue weighted by atomic mass is 10.1. The van der Waals surface area contributed by atoms with Crippen molar-refractivity contribution in [3.05, 3.63) is 54.1 Å². The summed E-state index contributed by atoms with van der Waals surface area (Å²) in [6, 6.07) is 17.1. The summed E-state index contributed by atoms with van der Waals surface area (Å²) in [6.07, 6.45) is 0.436. The quantitative estimate of drug-likeness (QED) is 0.688. The molecule has 2 aromatic carbocycles. The average Bonchev–Trinajstić information content (AvgIpc) is 2.62. The lowest BCUT2D eigenvalue weighted by molar-refractivity contribution is -0.118. The summed E-state index contributed by atoms with van der Waals surface area (Å²) < 4.78 is 5.14. The van der Waals surface area contributed by atoms with Crippen LogP contribution in [0.2, 0.25) is 0 Å². The second-order valence-corrected chi connectivity index (χ2v) is 6.96. The van der Waals surface area contributed by atoms with E-state index in [1.54, 1.807) is 35.9 Å². The Morgan fingerprint density at radius 1 is 1.24 bits per heavy atom. The van der Waals surface area contributed by atoms with E-state index >= 15 is 0 Å². The molecule has 130 valence electrons. The van der Waals surface area contributed by atoms with Gasteiger partial charge >= 0.3 is 0 Å². The fourth-order valence-corrected chi connectivity index (χ4v) is 3.34. The second kappa shape index (κ2) is 9.14. The average molecular weight is 354 g/mol. The molecule has 0 fully saturated rings.